The number of piperidine rings is 1. The van der Waals surface area contributed by atoms with E-state index in [9.17, 15) is 24.0 Å². The third-order valence-corrected chi connectivity index (χ3v) is 8.76. The summed E-state index contributed by atoms with van der Waals surface area (Å²) in [5.74, 6) is -2.26. The van der Waals surface area contributed by atoms with Crippen LogP contribution in [0.15, 0.2) is 38.0 Å². The number of amides is 5. The van der Waals surface area contributed by atoms with E-state index < -0.39 is 41.8 Å². The molecule has 1 heterocycles. The number of hydrogen-bond acceptors (Lipinski definition) is 5. The summed E-state index contributed by atoms with van der Waals surface area (Å²) in [4.78, 5) is 67.4. The Bertz CT molecular complexity index is 1020. The van der Waals surface area contributed by atoms with Crippen LogP contribution >= 0.6 is 0 Å². The van der Waals surface area contributed by atoms with E-state index >= 15 is 0 Å². The number of Topliss-reactive ketones (excluding diaryl/α,β-unsaturated/α-hetero) is 1. The van der Waals surface area contributed by atoms with Crippen LogP contribution < -0.4 is 21.3 Å². The molecule has 0 bridgehead atoms. The molecule has 1 saturated heterocycles. The summed E-state index contributed by atoms with van der Waals surface area (Å²) in [5, 5.41) is 10.8. The number of nitrogens with one attached hydrogen (secondary N) is 4. The topological polar surface area (TPSA) is 137 Å². The molecule has 10 heteroatoms. The Hall–Kier alpha value is -3.43. The maximum Gasteiger partial charge on any atom is 0.315 e. The van der Waals surface area contributed by atoms with Crippen molar-refractivity contribution in [3.63, 3.8) is 0 Å². The summed E-state index contributed by atoms with van der Waals surface area (Å²) >= 11 is 0. The maximum absolute atomic E-state index is 14.1. The first-order valence-corrected chi connectivity index (χ1v) is 14.4. The molecule has 5 amide bonds. The molecule has 2 unspecified atom stereocenters. The van der Waals surface area contributed by atoms with Crippen molar-refractivity contribution in [1.29, 1.82) is 0 Å². The van der Waals surface area contributed by atoms with Gasteiger partial charge in [0, 0.05) is 19.6 Å². The van der Waals surface area contributed by atoms with Crippen LogP contribution in [0.2, 0.25) is 0 Å². The second kappa shape index (κ2) is 13.8. The van der Waals surface area contributed by atoms with E-state index in [-0.39, 0.29) is 48.6 Å². The summed E-state index contributed by atoms with van der Waals surface area (Å²) < 4.78 is 0. The SMILES string of the molecule is C=CCCC(NC(=O)[C@@H]1C2[C@H](CN1C(=O)[C@@H](NC(=O)NCC=C)C1CCCCC1)C2(C)C)C(=O)C(=O)NCC=C. The Morgan fingerprint density at radius 3 is 2.20 bits per heavy atom. The van der Waals surface area contributed by atoms with Crippen LogP contribution in [0.5, 0.6) is 0 Å². The smallest absolute Gasteiger partial charge is 0.315 e. The molecule has 220 valence electrons. The van der Waals surface area contributed by atoms with Gasteiger partial charge in [0.05, 0.1) is 6.04 Å². The quantitative estimate of drug-likeness (QED) is 0.192. The van der Waals surface area contributed by atoms with Gasteiger partial charge in [0.1, 0.15) is 12.1 Å². The van der Waals surface area contributed by atoms with Gasteiger partial charge in [-0.1, -0.05) is 51.3 Å². The van der Waals surface area contributed by atoms with E-state index in [2.05, 4.69) is 54.9 Å². The highest BCUT2D eigenvalue weighted by Crippen LogP contribution is 2.65. The number of urea groups is 1. The van der Waals surface area contributed by atoms with E-state index in [1.165, 1.54) is 6.08 Å². The largest absolute Gasteiger partial charge is 0.346 e. The second-order valence-electron chi connectivity index (χ2n) is 11.7. The molecule has 5 atom stereocenters. The zero-order valence-corrected chi connectivity index (χ0v) is 23.9. The van der Waals surface area contributed by atoms with Crippen LogP contribution in [0.1, 0.15) is 58.8 Å². The lowest BCUT2D eigenvalue weighted by Gasteiger charge is -2.37. The van der Waals surface area contributed by atoms with Gasteiger partial charge in [-0.3, -0.25) is 19.2 Å². The predicted octanol–water partition coefficient (Wildman–Crippen LogP) is 2.23. The predicted molar refractivity (Wildman–Crippen MR) is 153 cm³/mol. The van der Waals surface area contributed by atoms with Gasteiger partial charge in [0.15, 0.2) is 0 Å². The summed E-state index contributed by atoms with van der Waals surface area (Å²) in [6, 6.07) is -3.06. The molecule has 3 rings (SSSR count). The van der Waals surface area contributed by atoms with Gasteiger partial charge >= 0.3 is 6.03 Å². The van der Waals surface area contributed by atoms with Crippen LogP contribution in [0.3, 0.4) is 0 Å². The van der Waals surface area contributed by atoms with Gasteiger partial charge < -0.3 is 26.2 Å². The normalized spacial score (nSPS) is 24.4. The van der Waals surface area contributed by atoms with Crippen molar-refractivity contribution in [2.75, 3.05) is 19.6 Å². The van der Waals surface area contributed by atoms with Gasteiger partial charge in [-0.15, -0.1) is 19.7 Å². The van der Waals surface area contributed by atoms with Crippen molar-refractivity contribution in [2.45, 2.75) is 76.9 Å². The van der Waals surface area contributed by atoms with E-state index in [0.29, 0.717) is 13.0 Å². The number of ketones is 1. The fourth-order valence-corrected chi connectivity index (χ4v) is 6.42. The molecule has 0 aromatic rings. The number of nitrogens with zero attached hydrogens (tertiary/aromatic N) is 1. The molecular formula is C30H45N5O5. The van der Waals surface area contributed by atoms with E-state index in [1.807, 2.05) is 0 Å². The Morgan fingerprint density at radius 1 is 0.925 bits per heavy atom. The number of allylic oxidation sites excluding steroid dienone is 1. The van der Waals surface area contributed by atoms with Crippen LogP contribution in [0.25, 0.3) is 0 Å². The Balaban J connectivity index is 1.83. The van der Waals surface area contributed by atoms with Crippen molar-refractivity contribution in [2.24, 2.45) is 23.2 Å². The number of carbonyl (C=O) groups excluding carboxylic acids is 5. The molecule has 4 N–H and O–H groups in total. The summed E-state index contributed by atoms with van der Waals surface area (Å²) in [6.45, 7) is 15.8. The molecule has 0 aromatic heterocycles. The van der Waals surface area contributed by atoms with E-state index in [0.717, 1.165) is 32.1 Å². The van der Waals surface area contributed by atoms with Crippen LogP contribution in [0, 0.1) is 23.2 Å². The molecule has 40 heavy (non-hydrogen) atoms. The molecule has 2 saturated carbocycles. The van der Waals surface area contributed by atoms with Gasteiger partial charge in [-0.2, -0.15) is 0 Å². The van der Waals surface area contributed by atoms with Gasteiger partial charge in [0.2, 0.25) is 17.6 Å². The molecular weight excluding hydrogens is 510 g/mol. The highest BCUT2D eigenvalue weighted by Gasteiger charge is 2.69. The fourth-order valence-electron chi connectivity index (χ4n) is 6.42. The third-order valence-electron chi connectivity index (χ3n) is 8.76. The number of rotatable bonds is 14. The molecule has 0 radical (unpaired) electrons. The van der Waals surface area contributed by atoms with Crippen LogP contribution in [0.4, 0.5) is 4.79 Å². The van der Waals surface area contributed by atoms with Crippen molar-refractivity contribution in [3.8, 4) is 0 Å². The van der Waals surface area contributed by atoms with Crippen LogP contribution in [-0.2, 0) is 19.2 Å². The van der Waals surface area contributed by atoms with Crippen molar-refractivity contribution in [3.05, 3.63) is 38.0 Å². The lowest BCUT2D eigenvalue weighted by molar-refractivity contribution is -0.144. The minimum atomic E-state index is -1.05. The summed E-state index contributed by atoms with van der Waals surface area (Å²) in [6.07, 6.45) is 9.97. The first-order chi connectivity index (χ1) is 19.1. The number of hydrogen-bond donors (Lipinski definition) is 4. The molecule has 1 aliphatic heterocycles. The van der Waals surface area contributed by atoms with Gasteiger partial charge in [-0.05, 0) is 48.9 Å². The van der Waals surface area contributed by atoms with Crippen molar-refractivity contribution in [1.82, 2.24) is 26.2 Å². The van der Waals surface area contributed by atoms with Crippen LogP contribution in [-0.4, -0.2) is 72.2 Å². The fraction of sp³-hybridized carbons (Fsp3) is 0.633. The van der Waals surface area contributed by atoms with Crippen molar-refractivity contribution < 1.29 is 24.0 Å². The number of carbonyl (C=O) groups is 5. The lowest BCUT2D eigenvalue weighted by Crippen LogP contribution is -2.60. The maximum atomic E-state index is 14.1. The summed E-state index contributed by atoms with van der Waals surface area (Å²) in [7, 11) is 0. The van der Waals surface area contributed by atoms with Crippen molar-refractivity contribution >= 4 is 29.5 Å². The zero-order valence-electron chi connectivity index (χ0n) is 23.9. The minimum Gasteiger partial charge on any atom is -0.346 e. The molecule has 10 nitrogen and oxygen atoms in total. The molecule has 3 fully saturated rings. The molecule has 3 aliphatic rings. The first-order valence-electron chi connectivity index (χ1n) is 14.4. The lowest BCUT2D eigenvalue weighted by atomic mass is 9.83. The second-order valence-corrected chi connectivity index (χ2v) is 11.7. The van der Waals surface area contributed by atoms with Gasteiger partial charge in [0.25, 0.3) is 5.91 Å². The average Bonchev–Trinajstić information content (AvgIpc) is 3.26. The highest BCUT2D eigenvalue weighted by molar-refractivity contribution is 6.38. The average molecular weight is 556 g/mol. The third kappa shape index (κ3) is 7.01. The Kier molecular flexibility index (Phi) is 10.7. The molecule has 0 aromatic carbocycles. The minimum absolute atomic E-state index is 0.0279. The van der Waals surface area contributed by atoms with E-state index in [1.54, 1.807) is 17.1 Å². The highest BCUT2D eigenvalue weighted by atomic mass is 16.2. The molecule has 2 aliphatic carbocycles. The van der Waals surface area contributed by atoms with E-state index in [4.69, 9.17) is 0 Å². The standard InChI is InChI=1S/C30H45N5O5/c1-6-9-15-21(25(36)27(38)31-16-7-2)33-26(37)24-22-20(30(22,4)5)18-35(24)28(39)23(19-13-11-10-12-14-19)34-29(40)32-17-8-3/h6-8,19-24H,1-3,9-18H2,4-5H3,(H,31,38)(H,33,37)(H2,32,34,40)/t20-,21?,22?,23-,24-/m0/s1. The zero-order chi connectivity index (χ0) is 29.4. The number of fused-ring (bicyclic) bond motifs is 1. The molecule has 0 spiro atoms. The first kappa shape index (κ1) is 31.1. The van der Waals surface area contributed by atoms with Gasteiger partial charge in [-0.25, -0.2) is 4.79 Å². The number of likely N-dealkylation sites (tertiary alicyclic amines) is 1. The monoisotopic (exact) mass is 555 g/mol. The Morgan fingerprint density at radius 2 is 1.57 bits per heavy atom. The summed E-state index contributed by atoms with van der Waals surface area (Å²) in [5.41, 5.74) is -0.143. The Labute approximate surface area is 237 Å².